The molecule has 1 aromatic heterocycles. The Morgan fingerprint density at radius 2 is 1.88 bits per heavy atom. The van der Waals surface area contributed by atoms with Gasteiger partial charge < -0.3 is 15.5 Å². The number of thiazole rings is 1. The summed E-state index contributed by atoms with van der Waals surface area (Å²) in [7, 11) is 1.54. The van der Waals surface area contributed by atoms with Crippen molar-refractivity contribution in [3.63, 3.8) is 0 Å². The molecule has 3 heterocycles. The van der Waals surface area contributed by atoms with Crippen molar-refractivity contribution >= 4 is 40.9 Å². The van der Waals surface area contributed by atoms with Crippen LogP contribution in [0.25, 0.3) is 0 Å². The van der Waals surface area contributed by atoms with Crippen LogP contribution in [0.1, 0.15) is 16.4 Å². The number of urea groups is 1. The van der Waals surface area contributed by atoms with Gasteiger partial charge in [0, 0.05) is 10.8 Å². The number of hydrogen-bond donors (Lipinski definition) is 2. The molecule has 2 aliphatic rings. The highest BCUT2D eigenvalue weighted by molar-refractivity contribution is 8.00. The summed E-state index contributed by atoms with van der Waals surface area (Å²) in [5.41, 5.74) is 5.98. The molecule has 8 nitrogen and oxygen atoms in total. The first kappa shape index (κ1) is 16.9. The fourth-order valence-corrected chi connectivity index (χ4v) is 5.92. The summed E-state index contributed by atoms with van der Waals surface area (Å²) in [4.78, 5) is 52.4. The van der Waals surface area contributed by atoms with E-state index in [0.29, 0.717) is 20.6 Å². The second-order valence-electron chi connectivity index (χ2n) is 5.87. The van der Waals surface area contributed by atoms with Gasteiger partial charge >= 0.3 is 10.9 Å². The summed E-state index contributed by atoms with van der Waals surface area (Å²) in [6.45, 7) is 0. The zero-order valence-electron chi connectivity index (χ0n) is 13.4. The van der Waals surface area contributed by atoms with E-state index < -0.39 is 34.9 Å². The van der Waals surface area contributed by atoms with Crippen LogP contribution in [0.3, 0.4) is 0 Å². The number of carbonyl (C=O) groups excluding carboxylic acids is 3. The van der Waals surface area contributed by atoms with Crippen LogP contribution in [-0.2, 0) is 9.59 Å². The number of aromatic nitrogens is 1. The van der Waals surface area contributed by atoms with E-state index in [1.54, 1.807) is 31.4 Å². The minimum absolute atomic E-state index is 0.257. The minimum Gasteiger partial charge on any atom is -0.497 e. The first-order chi connectivity index (χ1) is 12.4. The third kappa shape index (κ3) is 2.36. The van der Waals surface area contributed by atoms with Crippen LogP contribution < -0.4 is 15.3 Å². The molecule has 1 fully saturated rings. The number of aromatic amines is 1. The van der Waals surface area contributed by atoms with Gasteiger partial charge in [0.2, 0.25) is 5.91 Å². The Morgan fingerprint density at radius 1 is 1.19 bits per heavy atom. The maximum absolute atomic E-state index is 12.8. The number of nitrogens with one attached hydrogen (secondary N) is 1. The quantitative estimate of drug-likeness (QED) is 0.740. The van der Waals surface area contributed by atoms with Gasteiger partial charge in [-0.2, -0.15) is 4.90 Å². The molecular formula is C16H13N3O5S2. The van der Waals surface area contributed by atoms with E-state index in [9.17, 15) is 19.2 Å². The highest BCUT2D eigenvalue weighted by atomic mass is 32.2. The van der Waals surface area contributed by atoms with Crippen molar-refractivity contribution in [1.82, 2.24) is 9.88 Å². The molecule has 3 N–H and O–H groups in total. The molecule has 0 saturated carbocycles. The first-order valence-electron chi connectivity index (χ1n) is 7.63. The molecule has 0 bridgehead atoms. The van der Waals surface area contributed by atoms with Gasteiger partial charge in [-0.3, -0.25) is 14.4 Å². The van der Waals surface area contributed by atoms with Crippen LogP contribution in [0.5, 0.6) is 5.75 Å². The zero-order valence-corrected chi connectivity index (χ0v) is 15.1. The van der Waals surface area contributed by atoms with Crippen molar-refractivity contribution in [3.05, 3.63) is 44.4 Å². The molecule has 0 radical (unpaired) electrons. The Kier molecular flexibility index (Phi) is 3.88. The predicted molar refractivity (Wildman–Crippen MR) is 94.3 cm³/mol. The lowest BCUT2D eigenvalue weighted by molar-refractivity contribution is -0.135. The van der Waals surface area contributed by atoms with Crippen molar-refractivity contribution in [2.45, 2.75) is 16.2 Å². The number of rotatable bonds is 2. The molecule has 0 unspecified atom stereocenters. The standard InChI is InChI=1S/C16H13N3O5S2/c1-24-7-4-2-6(3-5-7)8-9-11(14(21)19(13(9)20)15(17)22)25-12-10(8)26-16(23)18-12/h2-5,8-9,11H,1H3,(H2,17,22)(H,18,23)/t8-,9+,11+/m0/s1. The Morgan fingerprint density at radius 3 is 2.50 bits per heavy atom. The van der Waals surface area contributed by atoms with E-state index in [1.165, 1.54) is 0 Å². The number of H-pyrrole nitrogens is 1. The van der Waals surface area contributed by atoms with Gasteiger partial charge in [0.25, 0.3) is 5.91 Å². The molecule has 2 aromatic rings. The number of nitrogens with zero attached hydrogens (tertiary/aromatic N) is 1. The van der Waals surface area contributed by atoms with Crippen LogP contribution in [0.2, 0.25) is 0 Å². The largest absolute Gasteiger partial charge is 0.497 e. The van der Waals surface area contributed by atoms with Crippen LogP contribution in [0.15, 0.2) is 34.1 Å². The summed E-state index contributed by atoms with van der Waals surface area (Å²) >= 11 is 2.10. The van der Waals surface area contributed by atoms with Gasteiger partial charge in [-0.1, -0.05) is 35.2 Å². The summed E-state index contributed by atoms with van der Waals surface area (Å²) < 4.78 is 5.16. The summed E-state index contributed by atoms with van der Waals surface area (Å²) in [5, 5.41) is -0.255. The van der Waals surface area contributed by atoms with Crippen LogP contribution in [0, 0.1) is 5.92 Å². The van der Waals surface area contributed by atoms with Crippen LogP contribution in [0.4, 0.5) is 4.79 Å². The van der Waals surface area contributed by atoms with E-state index in [0.717, 1.165) is 28.7 Å². The number of nitrogens with two attached hydrogens (primary N) is 1. The molecular weight excluding hydrogens is 378 g/mol. The maximum atomic E-state index is 12.8. The van der Waals surface area contributed by atoms with Gasteiger partial charge in [0.1, 0.15) is 11.0 Å². The highest BCUT2D eigenvalue weighted by Gasteiger charge is 2.57. The number of methoxy groups -OCH3 is 1. The second kappa shape index (κ2) is 5.99. The normalized spacial score (nSPS) is 24.3. The summed E-state index contributed by atoms with van der Waals surface area (Å²) in [5.74, 6) is -1.95. The summed E-state index contributed by atoms with van der Waals surface area (Å²) in [6, 6.07) is 5.98. The fourth-order valence-electron chi connectivity index (χ4n) is 3.40. The van der Waals surface area contributed by atoms with Gasteiger partial charge in [0.05, 0.1) is 18.1 Å². The molecule has 1 aromatic carbocycles. The van der Waals surface area contributed by atoms with Crippen LogP contribution in [-0.4, -0.2) is 40.1 Å². The Labute approximate surface area is 155 Å². The Hall–Kier alpha value is -2.59. The number of primary amides is 1. The molecule has 2 aliphatic heterocycles. The van der Waals surface area contributed by atoms with E-state index >= 15 is 0 Å². The number of likely N-dealkylation sites (tertiary alicyclic amines) is 1. The number of benzene rings is 1. The second-order valence-corrected chi connectivity index (χ2v) is 8.04. The third-order valence-electron chi connectivity index (χ3n) is 4.52. The fraction of sp³-hybridized carbons (Fsp3) is 0.250. The molecule has 134 valence electrons. The van der Waals surface area contributed by atoms with Crippen molar-refractivity contribution < 1.29 is 19.1 Å². The van der Waals surface area contributed by atoms with Crippen molar-refractivity contribution in [2.75, 3.05) is 7.11 Å². The van der Waals surface area contributed by atoms with E-state index in [2.05, 4.69) is 4.98 Å². The van der Waals surface area contributed by atoms with Gasteiger partial charge in [-0.25, -0.2) is 4.79 Å². The zero-order chi connectivity index (χ0) is 18.6. The molecule has 1 saturated heterocycles. The molecule has 4 amide bonds. The van der Waals surface area contributed by atoms with Crippen molar-refractivity contribution in [2.24, 2.45) is 11.7 Å². The topological polar surface area (TPSA) is 123 Å². The molecule has 0 spiro atoms. The number of fused-ring (bicyclic) bond motifs is 2. The molecule has 3 atom stereocenters. The summed E-state index contributed by atoms with van der Waals surface area (Å²) in [6.07, 6.45) is 0. The number of amides is 4. The van der Waals surface area contributed by atoms with Gasteiger partial charge in [-0.15, -0.1) is 0 Å². The number of thioether (sulfide) groups is 1. The van der Waals surface area contributed by atoms with Gasteiger partial charge in [0.15, 0.2) is 0 Å². The molecule has 10 heteroatoms. The lowest BCUT2D eigenvalue weighted by Gasteiger charge is -2.29. The van der Waals surface area contributed by atoms with Crippen LogP contribution >= 0.6 is 23.1 Å². The highest BCUT2D eigenvalue weighted by Crippen LogP contribution is 2.52. The van der Waals surface area contributed by atoms with Crippen molar-refractivity contribution in [1.29, 1.82) is 0 Å². The average molecular weight is 391 g/mol. The lowest BCUT2D eigenvalue weighted by Crippen LogP contribution is -2.41. The van der Waals surface area contributed by atoms with E-state index in [-0.39, 0.29) is 4.87 Å². The lowest BCUT2D eigenvalue weighted by atomic mass is 9.83. The molecule has 4 rings (SSSR count). The molecule has 0 aliphatic carbocycles. The first-order valence-corrected chi connectivity index (χ1v) is 9.33. The monoisotopic (exact) mass is 391 g/mol. The molecule has 26 heavy (non-hydrogen) atoms. The van der Waals surface area contributed by atoms with E-state index in [1.807, 2.05) is 0 Å². The number of ether oxygens (including phenoxy) is 1. The minimum atomic E-state index is -1.08. The third-order valence-corrected chi connectivity index (χ3v) is 6.92. The number of carbonyl (C=O) groups is 3. The average Bonchev–Trinajstić information content (AvgIpc) is 3.10. The predicted octanol–water partition coefficient (Wildman–Crippen LogP) is 1.11. The van der Waals surface area contributed by atoms with Crippen molar-refractivity contribution in [3.8, 4) is 5.75 Å². The number of hydrogen-bond acceptors (Lipinski definition) is 7. The maximum Gasteiger partial charge on any atom is 0.328 e. The van der Waals surface area contributed by atoms with E-state index in [4.69, 9.17) is 10.5 Å². The number of imide groups is 3. The van der Waals surface area contributed by atoms with Gasteiger partial charge in [-0.05, 0) is 17.7 Å². The Balaban J connectivity index is 1.87. The Bertz CT molecular complexity index is 981. The smallest absolute Gasteiger partial charge is 0.328 e. The SMILES string of the molecule is COc1ccc([C@@H]2c3sc(=O)[nH]c3S[C@H]3C(=O)N(C(N)=O)C(=O)[C@H]23)cc1.